The lowest BCUT2D eigenvalue weighted by Crippen LogP contribution is -2.23. The lowest BCUT2D eigenvalue weighted by atomic mass is 10.2. The Hall–Kier alpha value is -3.72. The number of fused-ring (bicyclic) bond motifs is 1. The molecule has 0 bridgehead atoms. The molecule has 0 radical (unpaired) electrons. The summed E-state index contributed by atoms with van der Waals surface area (Å²) in [5.74, 6) is -0.465. The molecule has 30 heavy (non-hydrogen) atoms. The summed E-state index contributed by atoms with van der Waals surface area (Å²) in [7, 11) is -4.04. The number of urea groups is 1. The van der Waals surface area contributed by atoms with E-state index in [4.69, 9.17) is 0 Å². The molecule has 1 N–H and O–H groups in total. The highest BCUT2D eigenvalue weighted by atomic mass is 32.2. The second-order valence-electron chi connectivity index (χ2n) is 6.57. The Morgan fingerprint density at radius 1 is 0.933 bits per heavy atom. The Morgan fingerprint density at radius 3 is 2.30 bits per heavy atom. The number of carbonyl (C=O) groups excluding carboxylic acids is 1. The van der Waals surface area contributed by atoms with Gasteiger partial charge >= 0.3 is 6.03 Å². The van der Waals surface area contributed by atoms with E-state index >= 15 is 0 Å². The van der Waals surface area contributed by atoms with Crippen LogP contribution in [-0.2, 0) is 10.0 Å². The molecule has 9 heteroatoms. The predicted molar refractivity (Wildman–Crippen MR) is 109 cm³/mol. The highest BCUT2D eigenvalue weighted by molar-refractivity contribution is 7.90. The molecule has 0 spiro atoms. The molecule has 150 valence electrons. The zero-order valence-electron chi connectivity index (χ0n) is 15.7. The number of nitrogens with one attached hydrogen (secondary N) is 1. The van der Waals surface area contributed by atoms with Gasteiger partial charge in [0.1, 0.15) is 5.82 Å². The number of benzene rings is 3. The molecule has 0 unspecified atom stereocenters. The van der Waals surface area contributed by atoms with Crippen LogP contribution in [0, 0.1) is 12.7 Å². The van der Waals surface area contributed by atoms with Crippen molar-refractivity contribution in [1.29, 1.82) is 0 Å². The largest absolute Gasteiger partial charge is 0.368 e. The minimum atomic E-state index is -4.04. The van der Waals surface area contributed by atoms with E-state index in [2.05, 4.69) is 19.7 Å². The molecule has 3 aromatic rings. The summed E-state index contributed by atoms with van der Waals surface area (Å²) in [5, 5.41) is 3.73. The van der Waals surface area contributed by atoms with Crippen LogP contribution in [0.3, 0.4) is 0 Å². The predicted octanol–water partition coefficient (Wildman–Crippen LogP) is 2.75. The molecule has 0 saturated heterocycles. The van der Waals surface area contributed by atoms with Gasteiger partial charge in [-0.3, -0.25) is 0 Å². The normalized spacial score (nSPS) is 13.4. The molecule has 4 rings (SSSR count). The summed E-state index contributed by atoms with van der Waals surface area (Å²) in [5.41, 5.74) is 1.73. The fourth-order valence-corrected chi connectivity index (χ4v) is 3.77. The van der Waals surface area contributed by atoms with E-state index in [9.17, 15) is 17.6 Å². The van der Waals surface area contributed by atoms with Gasteiger partial charge < -0.3 is 5.32 Å². The number of rotatable bonds is 4. The van der Waals surface area contributed by atoms with Gasteiger partial charge in [-0.1, -0.05) is 17.7 Å². The molecule has 0 aromatic heterocycles. The number of anilines is 1. The summed E-state index contributed by atoms with van der Waals surface area (Å²) in [6.45, 7) is 1.85. The summed E-state index contributed by atoms with van der Waals surface area (Å²) in [4.78, 5) is 18.9. The molecule has 0 saturated carbocycles. The minimum absolute atomic E-state index is 0.00297. The number of aryl methyl sites for hydroxylation is 1. The lowest BCUT2D eigenvalue weighted by Gasteiger charge is -2.11. The number of sulfonamides is 1. The zero-order chi connectivity index (χ0) is 21.3. The Kier molecular flexibility index (Phi) is 4.96. The molecule has 2 amide bonds. The van der Waals surface area contributed by atoms with Gasteiger partial charge in [0, 0.05) is 11.3 Å². The average molecular weight is 422 g/mol. The first kappa shape index (κ1) is 19.6. The van der Waals surface area contributed by atoms with E-state index < -0.39 is 21.9 Å². The second kappa shape index (κ2) is 7.60. The van der Waals surface area contributed by atoms with Crippen LogP contribution in [0.5, 0.6) is 0 Å². The number of hydrogen-bond donors (Lipinski definition) is 1. The van der Waals surface area contributed by atoms with Crippen molar-refractivity contribution in [2.75, 3.05) is 5.32 Å². The van der Waals surface area contributed by atoms with Gasteiger partial charge in [-0.15, -0.1) is 4.40 Å². The van der Waals surface area contributed by atoms with Gasteiger partial charge in [-0.2, -0.15) is 18.4 Å². The highest BCUT2D eigenvalue weighted by Crippen LogP contribution is 2.16. The fraction of sp³-hybridized carbons (Fsp3) is 0.0476. The van der Waals surface area contributed by atoms with Crippen molar-refractivity contribution in [3.05, 3.63) is 94.4 Å². The Balaban J connectivity index is 1.78. The summed E-state index contributed by atoms with van der Waals surface area (Å²) >= 11 is 0. The third-order valence-corrected chi connectivity index (χ3v) is 5.61. The van der Waals surface area contributed by atoms with Crippen LogP contribution in [0.2, 0.25) is 0 Å². The van der Waals surface area contributed by atoms with Gasteiger partial charge in [0.15, 0.2) is 5.84 Å². The Bertz CT molecular complexity index is 1400. The molecule has 0 fully saturated rings. The lowest BCUT2D eigenvalue weighted by molar-refractivity contribution is 0.256. The molecular formula is C21H15FN4O3S. The first-order valence-electron chi connectivity index (χ1n) is 8.86. The van der Waals surface area contributed by atoms with Crippen LogP contribution in [0.4, 0.5) is 14.9 Å². The molecular weight excluding hydrogens is 407 g/mol. The van der Waals surface area contributed by atoms with Crippen molar-refractivity contribution in [3.8, 4) is 0 Å². The van der Waals surface area contributed by atoms with Crippen LogP contribution < -0.4 is 16.0 Å². The number of carbonyl (C=O) groups is 1. The van der Waals surface area contributed by atoms with Gasteiger partial charge in [-0.05, 0) is 61.5 Å². The summed E-state index contributed by atoms with van der Waals surface area (Å²) in [6, 6.07) is 15.7. The maximum absolute atomic E-state index is 13.4. The number of halogens is 1. The Morgan fingerprint density at radius 2 is 1.60 bits per heavy atom. The summed E-state index contributed by atoms with van der Waals surface area (Å²) in [6.07, 6.45) is 0. The smallest absolute Gasteiger partial charge is 0.339 e. The van der Waals surface area contributed by atoms with E-state index in [0.29, 0.717) is 22.0 Å². The van der Waals surface area contributed by atoms with Crippen molar-refractivity contribution < 1.29 is 17.6 Å². The fourth-order valence-electron chi connectivity index (χ4n) is 2.79. The maximum Gasteiger partial charge on any atom is 0.368 e. The van der Waals surface area contributed by atoms with Crippen LogP contribution in [0.1, 0.15) is 11.1 Å². The first-order valence-corrected chi connectivity index (χ1v) is 10.3. The summed E-state index contributed by atoms with van der Waals surface area (Å²) < 4.78 is 43.0. The maximum atomic E-state index is 13.4. The third kappa shape index (κ3) is 4.15. The molecule has 7 nitrogen and oxygen atoms in total. The molecule has 0 aliphatic carbocycles. The third-order valence-electron chi connectivity index (χ3n) is 4.32. The number of hydrogen-bond acceptors (Lipinski definition) is 3. The quantitative estimate of drug-likeness (QED) is 0.516. The Labute approximate surface area is 171 Å². The van der Waals surface area contributed by atoms with Crippen molar-refractivity contribution in [2.45, 2.75) is 11.8 Å². The van der Waals surface area contributed by atoms with Crippen LogP contribution in [-0.4, -0.2) is 20.3 Å². The first-order chi connectivity index (χ1) is 14.3. The van der Waals surface area contributed by atoms with Crippen molar-refractivity contribution >= 4 is 27.6 Å². The van der Waals surface area contributed by atoms with E-state index in [1.807, 2.05) is 6.92 Å². The van der Waals surface area contributed by atoms with Gasteiger partial charge in [0.2, 0.25) is 0 Å². The van der Waals surface area contributed by atoms with Crippen molar-refractivity contribution in [3.63, 3.8) is 0 Å². The van der Waals surface area contributed by atoms with Crippen LogP contribution in [0.15, 0.2) is 86.0 Å². The molecule has 1 heterocycles. The van der Waals surface area contributed by atoms with Crippen LogP contribution in [0.25, 0.3) is 0 Å². The van der Waals surface area contributed by atoms with Gasteiger partial charge in [0.25, 0.3) is 10.0 Å². The zero-order valence-corrected chi connectivity index (χ0v) is 16.5. The monoisotopic (exact) mass is 422 g/mol. The van der Waals surface area contributed by atoms with E-state index in [0.717, 1.165) is 5.56 Å². The average Bonchev–Trinajstić information content (AvgIpc) is 3.07. The van der Waals surface area contributed by atoms with Crippen LogP contribution >= 0.6 is 0 Å². The van der Waals surface area contributed by atoms with E-state index in [-0.39, 0.29) is 10.7 Å². The molecule has 0 atom stereocenters. The van der Waals surface area contributed by atoms with E-state index in [1.54, 1.807) is 30.3 Å². The highest BCUT2D eigenvalue weighted by Gasteiger charge is 2.16. The minimum Gasteiger partial charge on any atom is -0.339 e. The second-order valence-corrected chi connectivity index (χ2v) is 8.17. The number of nitrogens with zero attached hydrogens (tertiary/aromatic N) is 3. The molecule has 3 aromatic carbocycles. The van der Waals surface area contributed by atoms with Crippen molar-refractivity contribution in [2.24, 2.45) is 14.4 Å². The van der Waals surface area contributed by atoms with Gasteiger partial charge in [-0.25, -0.2) is 9.18 Å². The van der Waals surface area contributed by atoms with E-state index in [1.165, 1.54) is 36.4 Å². The van der Waals surface area contributed by atoms with Crippen molar-refractivity contribution in [1.82, 2.24) is 0 Å². The SMILES string of the molecule is Cc1ccc(S(=O)(=O)/N=C(/Nc2ccc3c(c2)=NC(=O)N=3)c2ccc(F)cc2)cc1. The number of amides is 2. The molecule has 1 aliphatic rings. The topological polar surface area (TPSA) is 100 Å². The molecule has 1 aliphatic heterocycles. The standard InChI is InChI=1S/C21H15FN4O3S/c1-13-2-9-17(10-3-13)30(28,29)26-20(14-4-6-15(22)7-5-14)23-16-8-11-18-19(12-16)25-21(27)24-18/h2-12H,1H3,(H,23,26). The van der Waals surface area contributed by atoms with Gasteiger partial charge in [0.05, 0.1) is 15.6 Å². The number of amidine groups is 1.